The van der Waals surface area contributed by atoms with Crippen LogP contribution in [0.4, 0.5) is 5.69 Å². The molecule has 6 nitrogen and oxygen atoms in total. The Hall–Kier alpha value is -2.24. The highest BCUT2D eigenvalue weighted by Gasteiger charge is 2.26. The smallest absolute Gasteiger partial charge is 0.325 e. The summed E-state index contributed by atoms with van der Waals surface area (Å²) in [4.78, 5) is 23.5. The van der Waals surface area contributed by atoms with E-state index in [1.807, 2.05) is 18.2 Å². The van der Waals surface area contributed by atoms with Crippen molar-refractivity contribution in [3.05, 3.63) is 24.3 Å². The molecular weight excluding hydrogens is 272 g/mol. The van der Waals surface area contributed by atoms with Gasteiger partial charge in [0.25, 0.3) is 5.91 Å². The van der Waals surface area contributed by atoms with E-state index in [2.05, 4.69) is 10.6 Å². The van der Waals surface area contributed by atoms with Gasteiger partial charge in [0, 0.05) is 0 Å². The van der Waals surface area contributed by atoms with E-state index in [-0.39, 0.29) is 12.5 Å². The van der Waals surface area contributed by atoms with Crippen LogP contribution in [-0.2, 0) is 14.3 Å². The highest BCUT2D eigenvalue weighted by atomic mass is 16.6. The van der Waals surface area contributed by atoms with Crippen molar-refractivity contribution in [2.75, 3.05) is 18.4 Å². The number of para-hydroxylation sites is 2. The van der Waals surface area contributed by atoms with Gasteiger partial charge < -0.3 is 20.1 Å². The van der Waals surface area contributed by atoms with E-state index in [0.29, 0.717) is 12.3 Å². The average Bonchev–Trinajstić information content (AvgIpc) is 2.42. The van der Waals surface area contributed by atoms with E-state index >= 15 is 0 Å². The number of carbonyl (C=O) groups is 2. The fraction of sp³-hybridized carbons (Fsp3) is 0.467. The fourth-order valence-electron chi connectivity index (χ4n) is 1.91. The summed E-state index contributed by atoms with van der Waals surface area (Å²) >= 11 is 0. The maximum atomic E-state index is 12.0. The first-order valence-electron chi connectivity index (χ1n) is 6.84. The van der Waals surface area contributed by atoms with Gasteiger partial charge in [0.2, 0.25) is 0 Å². The van der Waals surface area contributed by atoms with Crippen molar-refractivity contribution in [1.29, 1.82) is 0 Å². The van der Waals surface area contributed by atoms with Crippen molar-refractivity contribution in [1.82, 2.24) is 5.32 Å². The highest BCUT2D eigenvalue weighted by molar-refractivity contribution is 5.86. The number of carbonyl (C=O) groups excluding carboxylic acids is 2. The standard InChI is InChI=1S/C15H20N2O4/c1-15(2,3)21-13(18)9-17-14(19)12-8-16-10-6-4-5-7-11(10)20-12/h4-7,12,16H,8-9H2,1-3H3,(H,17,19)/t12-/m1/s1. The zero-order valence-electron chi connectivity index (χ0n) is 12.4. The summed E-state index contributed by atoms with van der Waals surface area (Å²) in [6, 6.07) is 7.39. The van der Waals surface area contributed by atoms with Crippen LogP contribution in [-0.4, -0.2) is 36.7 Å². The molecule has 0 saturated heterocycles. The van der Waals surface area contributed by atoms with Gasteiger partial charge in [-0.25, -0.2) is 0 Å². The van der Waals surface area contributed by atoms with Crippen LogP contribution >= 0.6 is 0 Å². The Bertz CT molecular complexity index is 537. The lowest BCUT2D eigenvalue weighted by atomic mass is 10.2. The summed E-state index contributed by atoms with van der Waals surface area (Å²) in [5, 5.41) is 5.64. The molecule has 1 aromatic carbocycles. The molecule has 0 radical (unpaired) electrons. The highest BCUT2D eigenvalue weighted by Crippen LogP contribution is 2.28. The Morgan fingerprint density at radius 2 is 2.10 bits per heavy atom. The maximum absolute atomic E-state index is 12.0. The molecule has 0 bridgehead atoms. The molecule has 2 rings (SSSR count). The minimum Gasteiger partial charge on any atom is -0.477 e. The molecule has 1 atom stereocenters. The number of hydrogen-bond acceptors (Lipinski definition) is 5. The van der Waals surface area contributed by atoms with Gasteiger partial charge in [0.15, 0.2) is 6.10 Å². The summed E-state index contributed by atoms with van der Waals surface area (Å²) in [6.45, 7) is 5.52. The van der Waals surface area contributed by atoms with Gasteiger partial charge in [-0.15, -0.1) is 0 Å². The Morgan fingerprint density at radius 3 is 2.81 bits per heavy atom. The SMILES string of the molecule is CC(C)(C)OC(=O)CNC(=O)[C@H]1CNc2ccccc2O1. The summed E-state index contributed by atoms with van der Waals surface area (Å²) < 4.78 is 10.7. The van der Waals surface area contributed by atoms with Gasteiger partial charge in [0.05, 0.1) is 12.2 Å². The number of fused-ring (bicyclic) bond motifs is 1. The molecule has 0 fully saturated rings. The van der Waals surface area contributed by atoms with Gasteiger partial charge in [0.1, 0.15) is 17.9 Å². The third-order valence-electron chi connectivity index (χ3n) is 2.75. The molecule has 0 aromatic heterocycles. The molecular formula is C15H20N2O4. The number of amides is 1. The lowest BCUT2D eigenvalue weighted by molar-refractivity contribution is -0.154. The van der Waals surface area contributed by atoms with Crippen LogP contribution in [0, 0.1) is 0 Å². The van der Waals surface area contributed by atoms with Crippen molar-refractivity contribution < 1.29 is 19.1 Å². The molecule has 21 heavy (non-hydrogen) atoms. The lowest BCUT2D eigenvalue weighted by Gasteiger charge is -2.26. The third kappa shape index (κ3) is 4.37. The van der Waals surface area contributed by atoms with Crippen molar-refractivity contribution in [2.45, 2.75) is 32.5 Å². The minimum atomic E-state index is -0.665. The number of hydrogen-bond donors (Lipinski definition) is 2. The zero-order valence-corrected chi connectivity index (χ0v) is 12.4. The van der Waals surface area contributed by atoms with Gasteiger partial charge in [-0.3, -0.25) is 9.59 Å². The van der Waals surface area contributed by atoms with Crippen LogP contribution < -0.4 is 15.4 Å². The number of rotatable bonds is 3. The van der Waals surface area contributed by atoms with Crippen molar-refractivity contribution in [3.8, 4) is 5.75 Å². The Labute approximate surface area is 123 Å². The molecule has 1 amide bonds. The van der Waals surface area contributed by atoms with E-state index < -0.39 is 17.7 Å². The van der Waals surface area contributed by atoms with Crippen molar-refractivity contribution >= 4 is 17.6 Å². The van der Waals surface area contributed by atoms with Crippen LogP contribution in [0.3, 0.4) is 0 Å². The van der Waals surface area contributed by atoms with Crippen LogP contribution in [0.2, 0.25) is 0 Å². The first kappa shape index (κ1) is 15.2. The van der Waals surface area contributed by atoms with E-state index in [4.69, 9.17) is 9.47 Å². The van der Waals surface area contributed by atoms with Gasteiger partial charge in [-0.05, 0) is 32.9 Å². The largest absolute Gasteiger partial charge is 0.477 e. The monoisotopic (exact) mass is 292 g/mol. The lowest BCUT2D eigenvalue weighted by Crippen LogP contribution is -2.46. The Balaban J connectivity index is 1.84. The van der Waals surface area contributed by atoms with Crippen molar-refractivity contribution in [3.63, 3.8) is 0 Å². The predicted octanol–water partition coefficient (Wildman–Crippen LogP) is 1.32. The molecule has 2 N–H and O–H groups in total. The van der Waals surface area contributed by atoms with Crippen LogP contribution in [0.5, 0.6) is 5.75 Å². The second kappa shape index (κ2) is 6.03. The number of anilines is 1. The molecule has 0 spiro atoms. The topological polar surface area (TPSA) is 76.7 Å². The van der Waals surface area contributed by atoms with Gasteiger partial charge in [-0.2, -0.15) is 0 Å². The first-order valence-corrected chi connectivity index (χ1v) is 6.84. The van der Waals surface area contributed by atoms with E-state index in [9.17, 15) is 9.59 Å². The van der Waals surface area contributed by atoms with E-state index in [1.165, 1.54) is 0 Å². The average molecular weight is 292 g/mol. The third-order valence-corrected chi connectivity index (χ3v) is 2.75. The van der Waals surface area contributed by atoms with Gasteiger partial charge in [-0.1, -0.05) is 12.1 Å². The number of esters is 1. The van der Waals surface area contributed by atoms with E-state index in [0.717, 1.165) is 5.69 Å². The van der Waals surface area contributed by atoms with Crippen molar-refractivity contribution in [2.24, 2.45) is 0 Å². The summed E-state index contributed by atoms with van der Waals surface area (Å²) in [7, 11) is 0. The zero-order chi connectivity index (χ0) is 15.5. The van der Waals surface area contributed by atoms with Gasteiger partial charge >= 0.3 is 5.97 Å². The Kier molecular flexibility index (Phi) is 4.35. The maximum Gasteiger partial charge on any atom is 0.325 e. The molecule has 1 aliphatic heterocycles. The molecule has 0 aliphatic carbocycles. The molecule has 0 saturated carbocycles. The first-order chi connectivity index (χ1) is 9.85. The fourth-order valence-corrected chi connectivity index (χ4v) is 1.91. The predicted molar refractivity (Wildman–Crippen MR) is 78.2 cm³/mol. The molecule has 0 unspecified atom stereocenters. The van der Waals surface area contributed by atoms with E-state index in [1.54, 1.807) is 26.8 Å². The molecule has 1 aliphatic rings. The summed E-state index contributed by atoms with van der Waals surface area (Å²) in [5.74, 6) is -0.191. The minimum absolute atomic E-state index is 0.169. The number of benzene rings is 1. The second-order valence-electron chi connectivity index (χ2n) is 5.79. The summed E-state index contributed by atoms with van der Waals surface area (Å²) in [5.41, 5.74) is 0.289. The Morgan fingerprint density at radius 1 is 1.38 bits per heavy atom. The van der Waals surface area contributed by atoms with Crippen LogP contribution in [0.1, 0.15) is 20.8 Å². The van der Waals surface area contributed by atoms with Crippen LogP contribution in [0.15, 0.2) is 24.3 Å². The second-order valence-corrected chi connectivity index (χ2v) is 5.79. The number of ether oxygens (including phenoxy) is 2. The number of nitrogens with one attached hydrogen (secondary N) is 2. The van der Waals surface area contributed by atoms with Crippen LogP contribution in [0.25, 0.3) is 0 Å². The normalized spacial score (nSPS) is 17.0. The molecule has 6 heteroatoms. The summed E-state index contributed by atoms with van der Waals surface area (Å²) in [6.07, 6.45) is -0.665. The quantitative estimate of drug-likeness (QED) is 0.822. The molecule has 114 valence electrons. The molecule has 1 heterocycles. The molecule has 1 aromatic rings.